The summed E-state index contributed by atoms with van der Waals surface area (Å²) in [5.41, 5.74) is 0.528. The van der Waals surface area contributed by atoms with Gasteiger partial charge in [0.05, 0.1) is 18.8 Å². The van der Waals surface area contributed by atoms with E-state index in [-0.39, 0.29) is 6.61 Å². The molecule has 6 nitrogen and oxygen atoms in total. The minimum atomic E-state index is -0.925. The Bertz CT molecular complexity index is 416. The van der Waals surface area contributed by atoms with Crippen molar-refractivity contribution in [2.45, 2.75) is 13.2 Å². The van der Waals surface area contributed by atoms with Gasteiger partial charge in [-0.2, -0.15) is 0 Å². The fourth-order valence-corrected chi connectivity index (χ4v) is 2.88. The number of nitrogens with one attached hydrogen (secondary N) is 1. The highest BCUT2D eigenvalue weighted by molar-refractivity contribution is 7.13. The van der Waals surface area contributed by atoms with Crippen molar-refractivity contribution in [1.82, 2.24) is 15.2 Å². The molecule has 7 heteroatoms. The molecule has 0 unspecified atom stereocenters. The Labute approximate surface area is 110 Å². The Kier molecular flexibility index (Phi) is 4.65. The summed E-state index contributed by atoms with van der Waals surface area (Å²) in [5.74, 6) is -0.925. The summed E-state index contributed by atoms with van der Waals surface area (Å²) in [6.07, 6.45) is 0. The number of hydrogen-bond acceptors (Lipinski definition) is 6. The number of ether oxygens (including phenoxy) is 1. The standard InChI is InChI=1S/C11H17N3O3S/c1-17-7-8-10(11(15)16)18-9(13-8)6-14-4-2-12-3-5-14/h12H,2-7H2,1H3,(H,15,16). The minimum Gasteiger partial charge on any atom is -0.477 e. The molecule has 0 radical (unpaired) electrons. The summed E-state index contributed by atoms with van der Waals surface area (Å²) in [7, 11) is 1.54. The zero-order valence-corrected chi connectivity index (χ0v) is 11.1. The third-order valence-corrected chi connectivity index (χ3v) is 3.86. The SMILES string of the molecule is COCc1nc(CN2CCNCC2)sc1C(=O)O. The second-order valence-electron chi connectivity index (χ2n) is 4.15. The maximum atomic E-state index is 11.1. The Hall–Kier alpha value is -1.02. The maximum Gasteiger partial charge on any atom is 0.347 e. The van der Waals surface area contributed by atoms with E-state index in [0.29, 0.717) is 10.6 Å². The number of rotatable bonds is 5. The number of aromatic carboxylic acids is 1. The predicted molar refractivity (Wildman–Crippen MR) is 67.9 cm³/mol. The van der Waals surface area contributed by atoms with Crippen LogP contribution < -0.4 is 5.32 Å². The predicted octanol–water partition coefficient (Wildman–Crippen LogP) is 0.393. The van der Waals surface area contributed by atoms with Gasteiger partial charge >= 0.3 is 5.97 Å². The fourth-order valence-electron chi connectivity index (χ4n) is 1.93. The van der Waals surface area contributed by atoms with Crippen molar-refractivity contribution in [3.05, 3.63) is 15.6 Å². The maximum absolute atomic E-state index is 11.1. The molecule has 2 heterocycles. The molecular weight excluding hydrogens is 254 g/mol. The number of nitrogens with zero attached hydrogens (tertiary/aromatic N) is 2. The first kappa shape index (κ1) is 13.4. The first-order valence-electron chi connectivity index (χ1n) is 5.84. The smallest absolute Gasteiger partial charge is 0.347 e. The molecule has 1 aromatic rings. The van der Waals surface area contributed by atoms with Crippen LogP contribution in [0.2, 0.25) is 0 Å². The molecule has 1 aliphatic rings. The largest absolute Gasteiger partial charge is 0.477 e. The van der Waals surface area contributed by atoms with Gasteiger partial charge in [0.15, 0.2) is 0 Å². The van der Waals surface area contributed by atoms with Crippen LogP contribution in [-0.2, 0) is 17.9 Å². The zero-order valence-electron chi connectivity index (χ0n) is 10.3. The quantitative estimate of drug-likeness (QED) is 0.807. The molecule has 0 aliphatic carbocycles. The van der Waals surface area contributed by atoms with Gasteiger partial charge in [-0.15, -0.1) is 11.3 Å². The first-order chi connectivity index (χ1) is 8.70. The normalized spacial score (nSPS) is 16.9. The number of carboxylic acids is 1. The number of hydrogen-bond donors (Lipinski definition) is 2. The lowest BCUT2D eigenvalue weighted by Crippen LogP contribution is -2.42. The van der Waals surface area contributed by atoms with Crippen LogP contribution >= 0.6 is 11.3 Å². The van der Waals surface area contributed by atoms with Crippen LogP contribution in [-0.4, -0.2) is 54.2 Å². The average Bonchev–Trinajstić information content (AvgIpc) is 2.74. The Morgan fingerprint density at radius 3 is 2.89 bits per heavy atom. The Morgan fingerprint density at radius 1 is 1.56 bits per heavy atom. The van der Waals surface area contributed by atoms with Crippen molar-refractivity contribution < 1.29 is 14.6 Å². The van der Waals surface area contributed by atoms with E-state index in [9.17, 15) is 4.79 Å². The van der Waals surface area contributed by atoms with E-state index < -0.39 is 5.97 Å². The third kappa shape index (κ3) is 3.26. The summed E-state index contributed by atoms with van der Waals surface area (Å²) >= 11 is 1.25. The molecule has 100 valence electrons. The van der Waals surface area contributed by atoms with Gasteiger partial charge in [-0.25, -0.2) is 9.78 Å². The van der Waals surface area contributed by atoms with Crippen molar-refractivity contribution in [2.75, 3.05) is 33.3 Å². The molecule has 0 saturated carbocycles. The lowest BCUT2D eigenvalue weighted by atomic mass is 10.3. The van der Waals surface area contributed by atoms with Gasteiger partial charge < -0.3 is 15.2 Å². The molecule has 0 atom stereocenters. The average molecular weight is 271 g/mol. The van der Waals surface area contributed by atoms with E-state index in [1.54, 1.807) is 7.11 Å². The molecule has 0 amide bonds. The first-order valence-corrected chi connectivity index (χ1v) is 6.66. The lowest BCUT2D eigenvalue weighted by molar-refractivity contribution is 0.0697. The molecule has 18 heavy (non-hydrogen) atoms. The van der Waals surface area contributed by atoms with E-state index in [2.05, 4.69) is 15.2 Å². The molecule has 1 fully saturated rings. The molecule has 2 N–H and O–H groups in total. The summed E-state index contributed by atoms with van der Waals surface area (Å²) in [4.78, 5) is 18.0. The van der Waals surface area contributed by atoms with E-state index in [1.165, 1.54) is 11.3 Å². The van der Waals surface area contributed by atoms with Crippen molar-refractivity contribution in [1.29, 1.82) is 0 Å². The van der Waals surface area contributed by atoms with Gasteiger partial charge in [-0.05, 0) is 0 Å². The van der Waals surface area contributed by atoms with Gasteiger partial charge in [0.2, 0.25) is 0 Å². The topological polar surface area (TPSA) is 74.7 Å². The number of carboxylic acid groups (broad SMARTS) is 1. The zero-order chi connectivity index (χ0) is 13.0. The van der Waals surface area contributed by atoms with Gasteiger partial charge in [-0.3, -0.25) is 4.90 Å². The minimum absolute atomic E-state index is 0.250. The van der Waals surface area contributed by atoms with E-state index in [1.807, 2.05) is 0 Å². The summed E-state index contributed by atoms with van der Waals surface area (Å²) in [5, 5.41) is 13.2. The van der Waals surface area contributed by atoms with Crippen molar-refractivity contribution >= 4 is 17.3 Å². The van der Waals surface area contributed by atoms with Crippen LogP contribution in [0, 0.1) is 0 Å². The van der Waals surface area contributed by atoms with Crippen LogP contribution in [0.4, 0.5) is 0 Å². The fraction of sp³-hybridized carbons (Fsp3) is 0.636. The van der Waals surface area contributed by atoms with Crippen LogP contribution in [0.3, 0.4) is 0 Å². The van der Waals surface area contributed by atoms with Crippen molar-refractivity contribution in [3.8, 4) is 0 Å². The number of thiazole rings is 1. The monoisotopic (exact) mass is 271 g/mol. The van der Waals surface area contributed by atoms with Crippen molar-refractivity contribution in [2.24, 2.45) is 0 Å². The summed E-state index contributed by atoms with van der Waals surface area (Å²) in [6, 6.07) is 0. The van der Waals surface area contributed by atoms with Crippen molar-refractivity contribution in [3.63, 3.8) is 0 Å². The lowest BCUT2D eigenvalue weighted by Gasteiger charge is -2.26. The highest BCUT2D eigenvalue weighted by Gasteiger charge is 2.19. The molecule has 2 rings (SSSR count). The van der Waals surface area contributed by atoms with Gasteiger partial charge in [0, 0.05) is 33.3 Å². The van der Waals surface area contributed by atoms with E-state index in [0.717, 1.165) is 37.7 Å². The molecule has 0 spiro atoms. The van der Waals surface area contributed by atoms with Gasteiger partial charge in [0.25, 0.3) is 0 Å². The van der Waals surface area contributed by atoms with E-state index in [4.69, 9.17) is 9.84 Å². The highest BCUT2D eigenvalue weighted by atomic mass is 32.1. The molecular formula is C11H17N3O3S. The van der Waals surface area contributed by atoms with Gasteiger partial charge in [0.1, 0.15) is 9.88 Å². The Balaban J connectivity index is 2.07. The van der Waals surface area contributed by atoms with Crippen LogP contribution in [0.25, 0.3) is 0 Å². The number of piperazine rings is 1. The number of methoxy groups -OCH3 is 1. The third-order valence-electron chi connectivity index (χ3n) is 2.79. The molecule has 1 aromatic heterocycles. The second-order valence-corrected chi connectivity index (χ2v) is 5.23. The molecule has 1 aliphatic heterocycles. The van der Waals surface area contributed by atoms with Gasteiger partial charge in [-0.1, -0.05) is 0 Å². The van der Waals surface area contributed by atoms with Crippen LogP contribution in [0.5, 0.6) is 0 Å². The Morgan fingerprint density at radius 2 is 2.28 bits per heavy atom. The second kappa shape index (κ2) is 6.24. The van der Waals surface area contributed by atoms with Crippen LogP contribution in [0.1, 0.15) is 20.4 Å². The highest BCUT2D eigenvalue weighted by Crippen LogP contribution is 2.21. The summed E-state index contributed by atoms with van der Waals surface area (Å²) < 4.78 is 4.98. The molecule has 0 aromatic carbocycles. The van der Waals surface area contributed by atoms with Crippen LogP contribution in [0.15, 0.2) is 0 Å². The number of carbonyl (C=O) groups is 1. The van der Waals surface area contributed by atoms with E-state index >= 15 is 0 Å². The molecule has 0 bridgehead atoms. The summed E-state index contributed by atoms with van der Waals surface area (Å²) in [6.45, 7) is 4.86. The molecule has 1 saturated heterocycles. The number of aromatic nitrogens is 1.